The van der Waals surface area contributed by atoms with Crippen molar-refractivity contribution in [3.63, 3.8) is 0 Å². The topological polar surface area (TPSA) is 48.5 Å². The van der Waals surface area contributed by atoms with Crippen LogP contribution in [0.4, 0.5) is 0 Å². The molecule has 0 atom stereocenters. The van der Waals surface area contributed by atoms with Crippen molar-refractivity contribution in [3.05, 3.63) is 217 Å². The van der Waals surface area contributed by atoms with E-state index in [-0.39, 0.29) is 5.41 Å². The average molecular weight is 1200 g/mol. The maximum absolute atomic E-state index is 5.64. The molecule has 0 amide bonds. The molecule has 0 radical (unpaired) electrons. The summed E-state index contributed by atoms with van der Waals surface area (Å²) in [7, 11) is 0. The number of benzene rings is 9. The van der Waals surface area contributed by atoms with Crippen LogP contribution in [0.5, 0.6) is 0 Å². The van der Waals surface area contributed by atoms with Crippen molar-refractivity contribution in [1.82, 2.24) is 24.1 Å². The zero-order valence-electron chi connectivity index (χ0n) is 42.6. The first kappa shape index (κ1) is 47.7. The van der Waals surface area contributed by atoms with Gasteiger partial charge in [0, 0.05) is 56.4 Å². The molecule has 9 aromatic carbocycles. The van der Waals surface area contributed by atoms with Crippen molar-refractivity contribution in [2.24, 2.45) is 0 Å². The summed E-state index contributed by atoms with van der Waals surface area (Å²) in [6.07, 6.45) is 6.49. The number of unbranched alkanes of at least 4 members (excludes halogenated alkanes) is 2. The fourth-order valence-corrected chi connectivity index (χ4v) is 13.4. The van der Waals surface area contributed by atoms with Crippen LogP contribution in [0.25, 0.3) is 111 Å². The second-order valence-electron chi connectivity index (χ2n) is 20.8. The van der Waals surface area contributed by atoms with E-state index in [9.17, 15) is 0 Å². The molecular formula is C68H55I2N5. The third-order valence-electron chi connectivity index (χ3n) is 15.6. The molecule has 0 aliphatic heterocycles. The third kappa shape index (κ3) is 8.29. The molecule has 0 saturated carbocycles. The van der Waals surface area contributed by atoms with Gasteiger partial charge in [-0.05, 0) is 195 Å². The van der Waals surface area contributed by atoms with Crippen molar-refractivity contribution in [2.75, 3.05) is 0 Å². The fraction of sp³-hybridized carbons (Fsp3) is 0.162. The summed E-state index contributed by atoms with van der Waals surface area (Å²) in [5, 5.41) is 4.89. The number of fused-ring (bicyclic) bond motifs is 9. The molecule has 5 nitrogen and oxygen atoms in total. The van der Waals surface area contributed by atoms with Crippen molar-refractivity contribution in [1.29, 1.82) is 0 Å². The number of halogens is 2. The molecule has 0 fully saturated rings. The quantitative estimate of drug-likeness (QED) is 0.115. The molecule has 7 heteroatoms. The van der Waals surface area contributed by atoms with E-state index in [4.69, 9.17) is 15.0 Å². The Morgan fingerprint density at radius 1 is 0.387 bits per heavy atom. The van der Waals surface area contributed by atoms with Crippen molar-refractivity contribution in [2.45, 2.75) is 71.6 Å². The summed E-state index contributed by atoms with van der Waals surface area (Å²) in [4.78, 5) is 16.7. The van der Waals surface area contributed by atoms with Crippen LogP contribution in [-0.2, 0) is 18.3 Å². The summed E-state index contributed by atoms with van der Waals surface area (Å²) < 4.78 is 7.25. The highest BCUT2D eigenvalue weighted by atomic mass is 127. The second-order valence-corrected chi connectivity index (χ2v) is 23.3. The Balaban J connectivity index is 1.12. The number of hydrogen-bond acceptors (Lipinski definition) is 3. The van der Waals surface area contributed by atoms with Gasteiger partial charge in [-0.1, -0.05) is 144 Å². The van der Waals surface area contributed by atoms with E-state index in [1.807, 2.05) is 0 Å². The second kappa shape index (κ2) is 19.3. The zero-order chi connectivity index (χ0) is 51.0. The van der Waals surface area contributed by atoms with Gasteiger partial charge in [0.1, 0.15) is 0 Å². The van der Waals surface area contributed by atoms with Gasteiger partial charge in [0.25, 0.3) is 0 Å². The standard InChI is InChI=1S/C68H55I2N5/c1-5-7-19-42-33-45(37-47(69)35-42)65-71-66(46-34-43(20-8-6-2)36-48(70)38-46)73-67(72-65)56-39-44(49-21-10-15-27-59(49)74-60-28-16-11-23-51(60)52-24-12-17-29-61(52)74)31-32-63(56)75-62-30-18-13-25-53(62)55-40-54-50-22-9-14-26-57(50)68(3,4)58(54)41-64(55)75/h9-18,21-41H,5-8,19-20H2,1-4H3. The van der Waals surface area contributed by atoms with Gasteiger partial charge in [0.15, 0.2) is 17.5 Å². The Bertz CT molecular complexity index is 4110. The largest absolute Gasteiger partial charge is 0.309 e. The summed E-state index contributed by atoms with van der Waals surface area (Å²) in [5.41, 5.74) is 19.6. The lowest BCUT2D eigenvalue weighted by Crippen LogP contribution is -2.15. The minimum Gasteiger partial charge on any atom is -0.309 e. The van der Waals surface area contributed by atoms with E-state index in [0.717, 1.165) is 88.8 Å². The van der Waals surface area contributed by atoms with Gasteiger partial charge in [-0.2, -0.15) is 0 Å². The molecule has 0 bridgehead atoms. The molecule has 13 rings (SSSR count). The van der Waals surface area contributed by atoms with E-state index in [1.165, 1.54) is 73.1 Å². The molecule has 0 saturated heterocycles. The Labute approximate surface area is 466 Å². The fourth-order valence-electron chi connectivity index (χ4n) is 12.0. The maximum Gasteiger partial charge on any atom is 0.166 e. The van der Waals surface area contributed by atoms with E-state index >= 15 is 0 Å². The molecule has 0 unspecified atom stereocenters. The molecule has 3 aromatic heterocycles. The molecule has 75 heavy (non-hydrogen) atoms. The number of para-hydroxylation sites is 4. The highest BCUT2D eigenvalue weighted by molar-refractivity contribution is 14.1. The van der Waals surface area contributed by atoms with Crippen LogP contribution >= 0.6 is 45.2 Å². The van der Waals surface area contributed by atoms with Gasteiger partial charge in [-0.3, -0.25) is 0 Å². The van der Waals surface area contributed by atoms with Crippen LogP contribution in [0.2, 0.25) is 0 Å². The Hall–Kier alpha value is -6.95. The summed E-state index contributed by atoms with van der Waals surface area (Å²) in [6, 6.07) is 69.8. The molecule has 1 aliphatic rings. The summed E-state index contributed by atoms with van der Waals surface area (Å²) >= 11 is 4.93. The van der Waals surface area contributed by atoms with Gasteiger partial charge < -0.3 is 9.13 Å². The Morgan fingerprint density at radius 3 is 1.48 bits per heavy atom. The molecular weight excluding hydrogens is 1140 g/mol. The first-order valence-electron chi connectivity index (χ1n) is 26.4. The maximum atomic E-state index is 5.64. The van der Waals surface area contributed by atoms with Crippen LogP contribution in [0.15, 0.2) is 188 Å². The van der Waals surface area contributed by atoms with Crippen LogP contribution in [-0.4, -0.2) is 24.1 Å². The molecule has 366 valence electrons. The number of rotatable bonds is 12. The van der Waals surface area contributed by atoms with Crippen LogP contribution in [0.3, 0.4) is 0 Å². The monoisotopic (exact) mass is 1200 g/mol. The van der Waals surface area contributed by atoms with Crippen LogP contribution < -0.4 is 0 Å². The molecule has 1 aliphatic carbocycles. The zero-order valence-corrected chi connectivity index (χ0v) is 46.9. The highest BCUT2D eigenvalue weighted by Crippen LogP contribution is 2.51. The minimum atomic E-state index is -0.186. The van der Waals surface area contributed by atoms with E-state index in [1.54, 1.807) is 0 Å². The SMILES string of the molecule is CCCCc1cc(I)cc(-c2nc(-c3cc(I)cc(CCCC)c3)nc(-c3cc(-c4ccccc4-n4c5ccccc5c5ccccc54)ccc3-n3c4ccccc4c4cc5c(cc43)C(C)(C)c3ccccc3-5)n2)c1. The smallest absolute Gasteiger partial charge is 0.166 e. The van der Waals surface area contributed by atoms with Crippen LogP contribution in [0.1, 0.15) is 75.6 Å². The molecule has 0 spiro atoms. The minimum absolute atomic E-state index is 0.186. The van der Waals surface area contributed by atoms with Crippen molar-refractivity contribution >= 4 is 88.8 Å². The lowest BCUT2D eigenvalue weighted by Gasteiger charge is -2.22. The highest BCUT2D eigenvalue weighted by Gasteiger charge is 2.36. The van der Waals surface area contributed by atoms with Gasteiger partial charge in [0.2, 0.25) is 0 Å². The first-order valence-corrected chi connectivity index (χ1v) is 28.6. The Morgan fingerprint density at radius 2 is 0.880 bits per heavy atom. The third-order valence-corrected chi connectivity index (χ3v) is 16.8. The number of aryl methyl sites for hydroxylation is 2. The normalized spacial score (nSPS) is 12.8. The predicted octanol–water partition coefficient (Wildman–Crippen LogP) is 18.9. The van der Waals surface area contributed by atoms with Crippen molar-refractivity contribution < 1.29 is 0 Å². The lowest BCUT2D eigenvalue weighted by molar-refractivity contribution is 0.661. The number of aromatic nitrogens is 5. The van der Waals surface area contributed by atoms with E-state index < -0.39 is 0 Å². The summed E-state index contributed by atoms with van der Waals surface area (Å²) in [6.45, 7) is 9.26. The molecule has 3 heterocycles. The van der Waals surface area contributed by atoms with E-state index in [0.29, 0.717) is 17.5 Å². The van der Waals surface area contributed by atoms with Crippen LogP contribution in [0, 0.1) is 7.14 Å². The van der Waals surface area contributed by atoms with Gasteiger partial charge in [-0.15, -0.1) is 0 Å². The first-order chi connectivity index (χ1) is 36.7. The Kier molecular flexibility index (Phi) is 12.3. The van der Waals surface area contributed by atoms with Gasteiger partial charge in [0.05, 0.1) is 33.4 Å². The van der Waals surface area contributed by atoms with E-state index in [2.05, 4.69) is 270 Å². The number of hydrogen-bond donors (Lipinski definition) is 0. The summed E-state index contributed by atoms with van der Waals surface area (Å²) in [5.74, 6) is 1.97. The van der Waals surface area contributed by atoms with Gasteiger partial charge in [-0.25, -0.2) is 15.0 Å². The average Bonchev–Trinajstić information content (AvgIpc) is 4.05. The van der Waals surface area contributed by atoms with Crippen molar-refractivity contribution in [3.8, 4) is 67.8 Å². The molecule has 12 aromatic rings. The predicted molar refractivity (Wildman–Crippen MR) is 330 cm³/mol. The molecule has 0 N–H and O–H groups in total. The lowest BCUT2D eigenvalue weighted by atomic mass is 9.82. The number of nitrogens with zero attached hydrogens (tertiary/aromatic N) is 5. The van der Waals surface area contributed by atoms with Gasteiger partial charge >= 0.3 is 0 Å².